The van der Waals surface area contributed by atoms with Crippen LogP contribution in [0.2, 0.25) is 0 Å². The molecule has 8 N–H and O–H groups in total. The topological polar surface area (TPSA) is 198 Å². The van der Waals surface area contributed by atoms with Crippen molar-refractivity contribution in [2.75, 3.05) is 24.8 Å². The van der Waals surface area contributed by atoms with Gasteiger partial charge in [-0.1, -0.05) is 111 Å². The van der Waals surface area contributed by atoms with E-state index in [9.17, 15) is 35.4 Å². The van der Waals surface area contributed by atoms with Crippen molar-refractivity contribution < 1.29 is 49.7 Å². The number of aryl methyl sites for hydroxylation is 1. The number of hydrogen-bond donors (Lipinski definition) is 8. The summed E-state index contributed by atoms with van der Waals surface area (Å²) in [4.78, 5) is 28.5. The highest BCUT2D eigenvalue weighted by Crippen LogP contribution is 2.60. The summed E-state index contributed by atoms with van der Waals surface area (Å²) in [5, 5.41) is 80.7. The van der Waals surface area contributed by atoms with Crippen molar-refractivity contribution in [1.82, 2.24) is 5.32 Å². The number of benzene rings is 5. The molecule has 13 rings (SSSR count). The van der Waals surface area contributed by atoms with Gasteiger partial charge in [0.25, 0.3) is 0 Å². The maximum atomic E-state index is 15.3. The van der Waals surface area contributed by atoms with E-state index in [1.165, 1.54) is 5.56 Å². The second-order valence-electron chi connectivity index (χ2n) is 24.9. The predicted molar refractivity (Wildman–Crippen MR) is 332 cm³/mol. The monoisotopic (exact) mass is 1190 g/mol. The SMILES string of the molecule is COc1c(O)ccc2c1-c1ccc3ccc(O)cc3c1CSS[C@@]13CC[C@@H](C[C@@H]1O)[C@H](CC(=O)CC2)O[C@H]1N[C@@H](CCC2(O)CCCC2)[C@@H](CSS[C@H]3Cc2ccccc2)C[C@H]2c3c1cc(CO)c1c3[C@@H](CC[C@H](C(C)=O)N1)C[C@H]2CO. The van der Waals surface area contributed by atoms with E-state index < -0.39 is 34.8 Å². The number of ether oxygens (including phenoxy) is 2. The summed E-state index contributed by atoms with van der Waals surface area (Å²) < 4.78 is 13.2. The van der Waals surface area contributed by atoms with Crippen molar-refractivity contribution in [3.63, 3.8) is 0 Å². The van der Waals surface area contributed by atoms with Gasteiger partial charge >= 0.3 is 0 Å². The molecule has 12 nitrogen and oxygen atoms in total. The van der Waals surface area contributed by atoms with Crippen LogP contribution in [0.25, 0.3) is 21.9 Å². The third-order valence-electron chi connectivity index (χ3n) is 20.1. The Morgan fingerprint density at radius 3 is 2.48 bits per heavy atom. The van der Waals surface area contributed by atoms with Crippen molar-refractivity contribution in [3.05, 3.63) is 118 Å². The maximum Gasteiger partial charge on any atom is 0.168 e. The van der Waals surface area contributed by atoms with Crippen LogP contribution in [0.4, 0.5) is 5.69 Å². The molecule has 3 aliphatic carbocycles. The van der Waals surface area contributed by atoms with Gasteiger partial charge < -0.3 is 45.4 Å². The molecule has 0 unspecified atom stereocenters. The van der Waals surface area contributed by atoms with E-state index in [4.69, 9.17) is 9.47 Å². The smallest absolute Gasteiger partial charge is 0.168 e. The van der Waals surface area contributed by atoms with E-state index >= 15 is 4.79 Å². The summed E-state index contributed by atoms with van der Waals surface area (Å²) in [7, 11) is 8.81. The summed E-state index contributed by atoms with van der Waals surface area (Å²) in [5.41, 5.74) is 8.42. The third-order valence-corrected chi connectivity index (χ3v) is 26.6. The number of aliphatic hydroxyl groups excluding tert-OH is 3. The molecule has 5 aliphatic heterocycles. The first-order valence-electron chi connectivity index (χ1n) is 30.1. The lowest BCUT2D eigenvalue weighted by atomic mass is 9.63. The lowest BCUT2D eigenvalue weighted by Crippen LogP contribution is -2.54. The summed E-state index contributed by atoms with van der Waals surface area (Å²) >= 11 is 0. The van der Waals surface area contributed by atoms with Gasteiger partial charge in [-0.15, -0.1) is 0 Å². The van der Waals surface area contributed by atoms with Gasteiger partial charge in [0.1, 0.15) is 17.8 Å². The van der Waals surface area contributed by atoms with Crippen LogP contribution in [0.5, 0.6) is 17.2 Å². The Morgan fingerprint density at radius 1 is 0.890 bits per heavy atom. The number of phenolic OH excluding ortho intramolecular Hbond substituents is 2. The zero-order chi connectivity index (χ0) is 56.9. The van der Waals surface area contributed by atoms with E-state index in [0.717, 1.165) is 101 Å². The molecule has 0 aromatic heterocycles. The molecule has 5 heterocycles. The molecule has 12 atom stereocenters. The summed E-state index contributed by atoms with van der Waals surface area (Å²) in [6.45, 7) is 1.37. The minimum atomic E-state index is -0.795. The molecule has 5 aromatic rings. The molecule has 16 heteroatoms. The quantitative estimate of drug-likeness (QED) is 0.0648. The normalized spacial score (nSPS) is 31.0. The van der Waals surface area contributed by atoms with E-state index in [0.29, 0.717) is 74.0 Å². The number of rotatable bonds is 9. The van der Waals surface area contributed by atoms with Crippen LogP contribution in [0, 0.1) is 17.8 Å². The van der Waals surface area contributed by atoms with Crippen LogP contribution in [0.1, 0.15) is 160 Å². The Balaban J connectivity index is 1.04. The van der Waals surface area contributed by atoms with Crippen LogP contribution in [-0.4, -0.2) is 102 Å². The van der Waals surface area contributed by atoms with Crippen LogP contribution < -0.4 is 15.4 Å². The number of aliphatic hydroxyl groups is 4. The van der Waals surface area contributed by atoms with Gasteiger partial charge in [0.2, 0.25) is 0 Å². The van der Waals surface area contributed by atoms with Gasteiger partial charge in [-0.3, -0.25) is 14.9 Å². The number of fused-ring (bicyclic) bond motifs is 9. The number of ketones is 2. The molecule has 5 bridgehead atoms. The van der Waals surface area contributed by atoms with Crippen LogP contribution in [0.3, 0.4) is 0 Å². The number of methoxy groups -OCH3 is 1. The highest BCUT2D eigenvalue weighted by molar-refractivity contribution is 8.78. The van der Waals surface area contributed by atoms with Gasteiger partial charge in [0.15, 0.2) is 17.3 Å². The summed E-state index contributed by atoms with van der Waals surface area (Å²) in [6, 6.07) is 25.2. The molecular formula is C66H80N2O10S4. The Labute approximate surface area is 498 Å². The molecule has 5 aromatic carbocycles. The van der Waals surface area contributed by atoms with Gasteiger partial charge in [0.05, 0.1) is 42.3 Å². The van der Waals surface area contributed by atoms with Crippen LogP contribution >= 0.6 is 43.2 Å². The van der Waals surface area contributed by atoms with Crippen molar-refractivity contribution in [2.45, 2.75) is 186 Å². The van der Waals surface area contributed by atoms with Gasteiger partial charge in [-0.05, 0) is 194 Å². The first-order chi connectivity index (χ1) is 39.8. The Hall–Kier alpha value is -3.94. The number of carbonyl (C=O) groups excluding carboxylic acids is 2. The molecule has 0 spiro atoms. The van der Waals surface area contributed by atoms with E-state index in [-0.39, 0.29) is 90.0 Å². The van der Waals surface area contributed by atoms with Gasteiger partial charge in [-0.25, -0.2) is 0 Å². The zero-order valence-electron chi connectivity index (χ0n) is 47.2. The zero-order valence-corrected chi connectivity index (χ0v) is 50.4. The second kappa shape index (κ2) is 24.8. The second-order valence-corrected chi connectivity index (χ2v) is 30.2. The molecule has 82 heavy (non-hydrogen) atoms. The Morgan fingerprint density at radius 2 is 1.71 bits per heavy atom. The molecule has 4 fully saturated rings. The largest absolute Gasteiger partial charge is 0.508 e. The molecule has 0 radical (unpaired) electrons. The molecule has 2 saturated heterocycles. The number of carbonyl (C=O) groups is 2. The number of aromatic hydroxyl groups is 2. The van der Waals surface area contributed by atoms with Crippen molar-refractivity contribution in [2.24, 2.45) is 17.8 Å². The number of hydrogen-bond acceptors (Lipinski definition) is 16. The molecule has 0 amide bonds. The fourth-order valence-corrected chi connectivity index (χ4v) is 23.3. The summed E-state index contributed by atoms with van der Waals surface area (Å²) in [5.74, 6) is 1.45. The number of phenols is 2. The van der Waals surface area contributed by atoms with Gasteiger partial charge in [-0.2, -0.15) is 0 Å². The van der Waals surface area contributed by atoms with Crippen molar-refractivity contribution in [3.8, 4) is 28.4 Å². The van der Waals surface area contributed by atoms with E-state index in [1.807, 2.05) is 51.9 Å². The maximum absolute atomic E-state index is 15.3. The highest BCUT2D eigenvalue weighted by Gasteiger charge is 2.53. The minimum Gasteiger partial charge on any atom is -0.508 e. The van der Waals surface area contributed by atoms with Crippen LogP contribution in [0.15, 0.2) is 78.9 Å². The van der Waals surface area contributed by atoms with Crippen molar-refractivity contribution in [1.29, 1.82) is 0 Å². The van der Waals surface area contributed by atoms with E-state index in [1.54, 1.807) is 47.8 Å². The molecular weight excluding hydrogens is 1110 g/mol. The fraction of sp³-hybridized carbons (Fsp3) is 0.545. The number of nitrogens with one attached hydrogen (secondary N) is 2. The molecule has 2 saturated carbocycles. The lowest BCUT2D eigenvalue weighted by molar-refractivity contribution is -0.130. The molecule has 438 valence electrons. The third kappa shape index (κ3) is 11.5. The fourth-order valence-electron chi connectivity index (χ4n) is 15.7. The summed E-state index contributed by atoms with van der Waals surface area (Å²) in [6.07, 6.45) is 8.67. The first-order valence-corrected chi connectivity index (χ1v) is 34.8. The van der Waals surface area contributed by atoms with Crippen LogP contribution in [-0.2, 0) is 39.5 Å². The highest BCUT2D eigenvalue weighted by atomic mass is 33.1. The Bertz CT molecular complexity index is 3160. The lowest BCUT2D eigenvalue weighted by Gasteiger charge is -2.50. The number of anilines is 1. The minimum absolute atomic E-state index is 0.00236. The van der Waals surface area contributed by atoms with E-state index in [2.05, 4.69) is 47.0 Å². The standard InChI is InChI=1S/C66H80N2O10S4/c1-37(71)53-18-13-42-27-43(33-69)50-29-45-35-79-81-58(26-38-8-4-3-5-9-38)66-25-20-41(30-57(66)75)56(78-64(68-54(45)21-24-65(76)22-6-7-23-65)51-28-44(34-70)62(67-53)60(42)61(50)51)32-47(73)16-11-40-14-19-55(74)63(77-2)59(40)48-17-12-39-10-15-46(72)31-49(39)52(48)36-80-82-66/h3-5,8-10,12,14-15,17,19,28,31,41-43,45,50,53-54,56-58,64,67-70,72,74-76H,6-7,11,13,16,18,20-27,29-30,32-36H2,1-2H3/t41-,42-,43-,45+,50+,53+,54-,56-,57-,58-,64+,66-/m0/s1. The number of Topliss-reactive ketones (excluding diaryl/α,β-unsaturated/α-hetero) is 2. The molecule has 8 aliphatic rings. The predicted octanol–water partition coefficient (Wildman–Crippen LogP) is 12.6. The Kier molecular flexibility index (Phi) is 17.7. The van der Waals surface area contributed by atoms with Gasteiger partial charge in [0, 0.05) is 59.1 Å². The first kappa shape index (κ1) is 58.4. The average molecular weight is 1190 g/mol. The average Bonchev–Trinajstić information content (AvgIpc) is 3.72. The van der Waals surface area contributed by atoms with Crippen molar-refractivity contribution >= 4 is 71.2 Å².